The topological polar surface area (TPSA) is 50.7 Å². The molecule has 0 radical (unpaired) electrons. The van der Waals surface area contributed by atoms with Crippen LogP contribution in [0.25, 0.3) is 0 Å². The number of aromatic nitrogens is 3. The van der Waals surface area contributed by atoms with Crippen molar-refractivity contribution in [2.24, 2.45) is 0 Å². The van der Waals surface area contributed by atoms with Crippen LogP contribution in [-0.4, -0.2) is 15.0 Å². The van der Waals surface area contributed by atoms with Crippen LogP contribution < -0.4 is 5.32 Å². The van der Waals surface area contributed by atoms with Crippen LogP contribution in [0, 0.1) is 6.92 Å². The number of nitrogens with one attached hydrogen (secondary N) is 1. The molecule has 0 aliphatic heterocycles. The molecule has 2 heterocycles. The van der Waals surface area contributed by atoms with Gasteiger partial charge in [-0.15, -0.1) is 0 Å². The van der Waals surface area contributed by atoms with Crippen molar-refractivity contribution in [1.29, 1.82) is 0 Å². The van der Waals surface area contributed by atoms with Crippen molar-refractivity contribution in [3.8, 4) is 0 Å². The number of rotatable bonds is 3. The van der Waals surface area contributed by atoms with Gasteiger partial charge in [-0.2, -0.15) is 0 Å². The summed E-state index contributed by atoms with van der Waals surface area (Å²) < 4.78 is 0. The first-order valence-electron chi connectivity index (χ1n) is 4.88. The Morgan fingerprint density at radius 1 is 1.31 bits per heavy atom. The number of halogens is 1. The minimum atomic E-state index is 0.245. The molecule has 0 atom stereocenters. The maximum atomic E-state index is 5.72. The molecule has 2 aromatic heterocycles. The Hall–Kier alpha value is -1.68. The van der Waals surface area contributed by atoms with Gasteiger partial charge >= 0.3 is 0 Å². The fourth-order valence-corrected chi connectivity index (χ4v) is 1.41. The summed E-state index contributed by atoms with van der Waals surface area (Å²) in [5.41, 5.74) is 1.91. The van der Waals surface area contributed by atoms with Crippen LogP contribution in [0.1, 0.15) is 11.3 Å². The van der Waals surface area contributed by atoms with Gasteiger partial charge in [-0.25, -0.2) is 9.97 Å². The first kappa shape index (κ1) is 10.8. The van der Waals surface area contributed by atoms with Gasteiger partial charge in [0.25, 0.3) is 0 Å². The number of nitrogens with zero attached hydrogens (tertiary/aromatic N) is 3. The van der Waals surface area contributed by atoms with Gasteiger partial charge in [0, 0.05) is 18.0 Å². The van der Waals surface area contributed by atoms with Crippen LogP contribution in [0.3, 0.4) is 0 Å². The lowest BCUT2D eigenvalue weighted by Gasteiger charge is -2.07. The van der Waals surface area contributed by atoms with E-state index in [0.717, 1.165) is 17.1 Å². The number of anilines is 1. The molecule has 16 heavy (non-hydrogen) atoms. The van der Waals surface area contributed by atoms with Gasteiger partial charge in [-0.1, -0.05) is 6.07 Å². The van der Waals surface area contributed by atoms with E-state index in [4.69, 9.17) is 11.6 Å². The predicted octanol–water partition coefficient (Wildman–Crippen LogP) is 2.45. The largest absolute Gasteiger partial charge is 0.364 e. The van der Waals surface area contributed by atoms with E-state index in [2.05, 4.69) is 20.3 Å². The fourth-order valence-electron chi connectivity index (χ4n) is 1.28. The molecule has 0 aliphatic carbocycles. The molecular weight excluding hydrogens is 224 g/mol. The summed E-state index contributed by atoms with van der Waals surface area (Å²) in [6.45, 7) is 2.55. The molecule has 0 spiro atoms. The van der Waals surface area contributed by atoms with Gasteiger partial charge < -0.3 is 5.32 Å². The summed E-state index contributed by atoms with van der Waals surface area (Å²) in [4.78, 5) is 12.2. The van der Waals surface area contributed by atoms with Gasteiger partial charge in [0.2, 0.25) is 5.28 Å². The Balaban J connectivity index is 2.08. The summed E-state index contributed by atoms with van der Waals surface area (Å²) in [6, 6.07) is 5.78. The Morgan fingerprint density at radius 2 is 2.19 bits per heavy atom. The maximum absolute atomic E-state index is 5.72. The Kier molecular flexibility index (Phi) is 3.31. The van der Waals surface area contributed by atoms with Crippen LogP contribution in [-0.2, 0) is 6.54 Å². The molecule has 0 aliphatic rings. The van der Waals surface area contributed by atoms with Gasteiger partial charge in [0.05, 0.1) is 12.2 Å². The number of hydrogen-bond acceptors (Lipinski definition) is 4. The fraction of sp³-hybridized carbons (Fsp3) is 0.182. The molecule has 0 saturated heterocycles. The highest BCUT2D eigenvalue weighted by atomic mass is 35.5. The van der Waals surface area contributed by atoms with Crippen molar-refractivity contribution in [2.75, 3.05) is 5.32 Å². The van der Waals surface area contributed by atoms with E-state index in [1.807, 2.05) is 25.1 Å². The molecule has 2 aromatic rings. The maximum Gasteiger partial charge on any atom is 0.224 e. The minimum absolute atomic E-state index is 0.245. The monoisotopic (exact) mass is 234 g/mol. The first-order chi connectivity index (χ1) is 7.75. The van der Waals surface area contributed by atoms with Crippen molar-refractivity contribution in [3.63, 3.8) is 0 Å². The van der Waals surface area contributed by atoms with Crippen LogP contribution in [0.4, 0.5) is 5.82 Å². The van der Waals surface area contributed by atoms with E-state index in [9.17, 15) is 0 Å². The van der Waals surface area contributed by atoms with E-state index >= 15 is 0 Å². The normalized spacial score (nSPS) is 10.1. The van der Waals surface area contributed by atoms with Gasteiger partial charge in [0.15, 0.2) is 0 Å². The summed E-state index contributed by atoms with van der Waals surface area (Å²) in [7, 11) is 0. The zero-order chi connectivity index (χ0) is 11.4. The number of pyridine rings is 1. The highest BCUT2D eigenvalue weighted by molar-refractivity contribution is 6.28. The van der Waals surface area contributed by atoms with E-state index in [-0.39, 0.29) is 5.28 Å². The van der Waals surface area contributed by atoms with Crippen molar-refractivity contribution in [1.82, 2.24) is 15.0 Å². The molecule has 82 valence electrons. The second-order valence-corrected chi connectivity index (χ2v) is 3.68. The summed E-state index contributed by atoms with van der Waals surface area (Å²) >= 11 is 5.72. The average Bonchev–Trinajstić information content (AvgIpc) is 2.32. The van der Waals surface area contributed by atoms with Crippen LogP contribution >= 0.6 is 11.6 Å². The molecule has 0 saturated carbocycles. The molecule has 5 heteroatoms. The lowest BCUT2D eigenvalue weighted by atomic mass is 10.3. The molecule has 0 amide bonds. The van der Waals surface area contributed by atoms with E-state index in [0.29, 0.717) is 6.54 Å². The molecule has 2 rings (SSSR count). The third kappa shape index (κ3) is 2.67. The zero-order valence-electron chi connectivity index (χ0n) is 8.81. The average molecular weight is 235 g/mol. The third-order valence-corrected chi connectivity index (χ3v) is 2.29. The Bertz CT molecular complexity index is 473. The molecule has 0 unspecified atom stereocenters. The lowest BCUT2D eigenvalue weighted by Crippen LogP contribution is -2.05. The van der Waals surface area contributed by atoms with Crippen LogP contribution in [0.15, 0.2) is 30.6 Å². The van der Waals surface area contributed by atoms with Crippen LogP contribution in [0.2, 0.25) is 5.28 Å². The Morgan fingerprint density at radius 3 is 2.94 bits per heavy atom. The van der Waals surface area contributed by atoms with Crippen molar-refractivity contribution in [2.45, 2.75) is 13.5 Å². The molecule has 4 nitrogen and oxygen atoms in total. The van der Waals surface area contributed by atoms with Gasteiger partial charge in [-0.3, -0.25) is 4.98 Å². The van der Waals surface area contributed by atoms with Crippen molar-refractivity contribution < 1.29 is 0 Å². The SMILES string of the molecule is Cc1cnc(Cl)nc1NCc1ccccn1. The standard InChI is InChI=1S/C11H11ClN4/c1-8-6-15-11(12)16-10(8)14-7-9-4-2-3-5-13-9/h2-6H,7H2,1H3,(H,14,15,16). The smallest absolute Gasteiger partial charge is 0.224 e. The molecular formula is C11H11ClN4. The Labute approximate surface area is 98.7 Å². The second-order valence-electron chi connectivity index (χ2n) is 3.35. The second kappa shape index (κ2) is 4.90. The highest BCUT2D eigenvalue weighted by Crippen LogP contribution is 2.13. The first-order valence-corrected chi connectivity index (χ1v) is 5.26. The molecule has 0 fully saturated rings. The highest BCUT2D eigenvalue weighted by Gasteiger charge is 2.02. The molecule has 0 bridgehead atoms. The number of hydrogen-bond donors (Lipinski definition) is 1. The van der Waals surface area contributed by atoms with Crippen molar-refractivity contribution >= 4 is 17.4 Å². The summed E-state index contributed by atoms with van der Waals surface area (Å²) in [5, 5.41) is 3.42. The third-order valence-electron chi connectivity index (χ3n) is 2.11. The zero-order valence-corrected chi connectivity index (χ0v) is 9.57. The molecule has 0 aromatic carbocycles. The van der Waals surface area contributed by atoms with Crippen molar-refractivity contribution in [3.05, 3.63) is 47.1 Å². The molecule has 1 N–H and O–H groups in total. The summed E-state index contributed by atoms with van der Waals surface area (Å²) in [5.74, 6) is 0.741. The van der Waals surface area contributed by atoms with Gasteiger partial charge in [-0.05, 0) is 30.7 Å². The van der Waals surface area contributed by atoms with E-state index < -0.39 is 0 Å². The van der Waals surface area contributed by atoms with Crippen LogP contribution in [0.5, 0.6) is 0 Å². The predicted molar refractivity (Wildman–Crippen MR) is 63.3 cm³/mol. The lowest BCUT2D eigenvalue weighted by molar-refractivity contribution is 1.01. The summed E-state index contributed by atoms with van der Waals surface area (Å²) in [6.07, 6.45) is 3.45. The van der Waals surface area contributed by atoms with E-state index in [1.54, 1.807) is 12.4 Å². The van der Waals surface area contributed by atoms with Gasteiger partial charge in [0.1, 0.15) is 5.82 Å². The minimum Gasteiger partial charge on any atom is -0.364 e. The van der Waals surface area contributed by atoms with E-state index in [1.165, 1.54) is 0 Å². The number of aryl methyl sites for hydroxylation is 1. The quantitative estimate of drug-likeness (QED) is 0.829.